The van der Waals surface area contributed by atoms with Crippen LogP contribution in [0, 0.1) is 0 Å². The lowest BCUT2D eigenvalue weighted by atomic mass is 10.0. The highest BCUT2D eigenvalue weighted by Crippen LogP contribution is 2.35. The number of benzene rings is 2. The largest absolute Gasteiger partial charge is 0.399 e. The second kappa shape index (κ2) is 4.87. The first-order valence-corrected chi connectivity index (χ1v) is 5.80. The van der Waals surface area contributed by atoms with E-state index in [-0.39, 0.29) is 0 Å². The average Bonchev–Trinajstić information content (AvgIpc) is 2.41. The molecule has 4 nitrogen and oxygen atoms in total. The van der Waals surface area contributed by atoms with Gasteiger partial charge in [0.1, 0.15) is 0 Å². The second-order valence-corrected chi connectivity index (χ2v) is 4.11. The number of hydrogen-bond donors (Lipinski definition) is 4. The smallest absolute Gasteiger partial charge is 0.0438 e. The zero-order valence-electron chi connectivity index (χ0n) is 10.6. The second-order valence-electron chi connectivity index (χ2n) is 4.11. The summed E-state index contributed by atoms with van der Waals surface area (Å²) in [6.45, 7) is 0. The lowest BCUT2D eigenvalue weighted by Crippen LogP contribution is -1.98. The number of rotatable bonds is 3. The minimum absolute atomic E-state index is 0.707. The van der Waals surface area contributed by atoms with Gasteiger partial charge in [-0.15, -0.1) is 0 Å². The lowest BCUT2D eigenvalue weighted by Gasteiger charge is -2.14. The predicted octanol–water partition coefficient (Wildman–Crippen LogP) is 2.60. The van der Waals surface area contributed by atoms with Crippen molar-refractivity contribution in [1.29, 1.82) is 0 Å². The van der Waals surface area contributed by atoms with Crippen LogP contribution in [0.3, 0.4) is 0 Å². The quantitative estimate of drug-likeness (QED) is 0.624. The van der Waals surface area contributed by atoms with Crippen LogP contribution in [-0.4, -0.2) is 14.1 Å². The SMILES string of the molecule is CNc1ccc(-c2cc(N)ccc2N)c(NC)c1. The Morgan fingerprint density at radius 3 is 2.28 bits per heavy atom. The molecule has 0 fully saturated rings. The molecule has 6 N–H and O–H groups in total. The van der Waals surface area contributed by atoms with E-state index in [9.17, 15) is 0 Å². The Morgan fingerprint density at radius 1 is 0.833 bits per heavy atom. The Labute approximate surface area is 107 Å². The molecule has 0 saturated heterocycles. The van der Waals surface area contributed by atoms with Crippen molar-refractivity contribution in [2.24, 2.45) is 0 Å². The van der Waals surface area contributed by atoms with Crippen molar-refractivity contribution in [3.63, 3.8) is 0 Å². The van der Waals surface area contributed by atoms with Crippen LogP contribution in [0.4, 0.5) is 22.7 Å². The summed E-state index contributed by atoms with van der Waals surface area (Å²) in [6, 6.07) is 11.6. The minimum Gasteiger partial charge on any atom is -0.399 e. The maximum absolute atomic E-state index is 6.02. The molecular formula is C14H18N4. The van der Waals surface area contributed by atoms with Crippen molar-refractivity contribution in [2.75, 3.05) is 36.2 Å². The van der Waals surface area contributed by atoms with Crippen LogP contribution in [0.15, 0.2) is 36.4 Å². The standard InChI is InChI=1S/C14H18N4/c1-17-10-4-5-11(14(8-10)18-2)12-7-9(15)3-6-13(12)16/h3-8,17-18H,15-16H2,1-2H3. The monoisotopic (exact) mass is 242 g/mol. The minimum atomic E-state index is 0.707. The summed E-state index contributed by atoms with van der Waals surface area (Å²) in [7, 11) is 3.78. The van der Waals surface area contributed by atoms with Gasteiger partial charge in [0.25, 0.3) is 0 Å². The van der Waals surface area contributed by atoms with Crippen LogP contribution < -0.4 is 22.1 Å². The van der Waals surface area contributed by atoms with Gasteiger partial charge in [-0.05, 0) is 30.3 Å². The highest BCUT2D eigenvalue weighted by Gasteiger charge is 2.08. The van der Waals surface area contributed by atoms with Crippen LogP contribution >= 0.6 is 0 Å². The molecule has 0 heterocycles. The Hall–Kier alpha value is -2.36. The van der Waals surface area contributed by atoms with Crippen LogP contribution in [0.2, 0.25) is 0 Å². The van der Waals surface area contributed by atoms with Crippen LogP contribution in [0.5, 0.6) is 0 Å². The first-order chi connectivity index (χ1) is 8.65. The third-order valence-corrected chi connectivity index (χ3v) is 2.95. The van der Waals surface area contributed by atoms with Crippen molar-refractivity contribution in [3.8, 4) is 11.1 Å². The zero-order chi connectivity index (χ0) is 13.1. The van der Waals surface area contributed by atoms with Gasteiger partial charge in [-0.3, -0.25) is 0 Å². The van der Waals surface area contributed by atoms with Gasteiger partial charge in [0.2, 0.25) is 0 Å². The van der Waals surface area contributed by atoms with Gasteiger partial charge in [-0.2, -0.15) is 0 Å². The van der Waals surface area contributed by atoms with E-state index < -0.39 is 0 Å². The van der Waals surface area contributed by atoms with E-state index in [0.717, 1.165) is 28.2 Å². The summed E-state index contributed by atoms with van der Waals surface area (Å²) < 4.78 is 0. The number of nitrogens with two attached hydrogens (primary N) is 2. The van der Waals surface area contributed by atoms with E-state index in [1.54, 1.807) is 6.07 Å². The summed E-state index contributed by atoms with van der Waals surface area (Å²) in [5.74, 6) is 0. The molecule has 2 aromatic carbocycles. The van der Waals surface area contributed by atoms with E-state index >= 15 is 0 Å². The molecule has 94 valence electrons. The summed E-state index contributed by atoms with van der Waals surface area (Å²) in [4.78, 5) is 0. The fourth-order valence-corrected chi connectivity index (χ4v) is 1.95. The van der Waals surface area contributed by atoms with Crippen molar-refractivity contribution in [3.05, 3.63) is 36.4 Å². The molecule has 18 heavy (non-hydrogen) atoms. The molecular weight excluding hydrogens is 224 g/mol. The maximum atomic E-state index is 6.02. The first kappa shape index (κ1) is 12.1. The van der Waals surface area contributed by atoms with Gasteiger partial charge in [-0.25, -0.2) is 0 Å². The molecule has 0 bridgehead atoms. The van der Waals surface area contributed by atoms with Gasteiger partial charge in [0.05, 0.1) is 0 Å². The molecule has 0 radical (unpaired) electrons. The Bertz CT molecular complexity index is 564. The zero-order valence-corrected chi connectivity index (χ0v) is 10.6. The number of nitrogens with one attached hydrogen (secondary N) is 2. The summed E-state index contributed by atoms with van der Waals surface area (Å²) >= 11 is 0. The van der Waals surface area contributed by atoms with E-state index in [1.807, 2.05) is 44.4 Å². The van der Waals surface area contributed by atoms with Gasteiger partial charge >= 0.3 is 0 Å². The van der Waals surface area contributed by atoms with Crippen molar-refractivity contribution >= 4 is 22.7 Å². The Balaban J connectivity index is 2.59. The number of anilines is 4. The highest BCUT2D eigenvalue weighted by atomic mass is 14.9. The average molecular weight is 242 g/mol. The molecule has 0 aliphatic rings. The van der Waals surface area contributed by atoms with Gasteiger partial charge in [0.15, 0.2) is 0 Å². The summed E-state index contributed by atoms with van der Waals surface area (Å²) in [5, 5.41) is 6.29. The fourth-order valence-electron chi connectivity index (χ4n) is 1.95. The summed E-state index contributed by atoms with van der Waals surface area (Å²) in [5.41, 5.74) is 17.3. The molecule has 0 saturated carbocycles. The molecule has 0 amide bonds. The molecule has 0 aliphatic carbocycles. The highest BCUT2D eigenvalue weighted by molar-refractivity contribution is 5.88. The summed E-state index contributed by atoms with van der Waals surface area (Å²) in [6.07, 6.45) is 0. The van der Waals surface area contributed by atoms with Gasteiger partial charge in [-0.1, -0.05) is 6.07 Å². The van der Waals surface area contributed by atoms with Crippen LogP contribution in [0.1, 0.15) is 0 Å². The van der Waals surface area contributed by atoms with E-state index in [0.29, 0.717) is 5.69 Å². The van der Waals surface area contributed by atoms with E-state index in [4.69, 9.17) is 11.5 Å². The number of nitrogen functional groups attached to an aromatic ring is 2. The first-order valence-electron chi connectivity index (χ1n) is 5.80. The fraction of sp³-hybridized carbons (Fsp3) is 0.143. The molecule has 0 unspecified atom stereocenters. The van der Waals surface area contributed by atoms with Crippen LogP contribution in [0.25, 0.3) is 11.1 Å². The Kier molecular flexibility index (Phi) is 3.28. The lowest BCUT2D eigenvalue weighted by molar-refractivity contribution is 1.46. The number of hydrogen-bond acceptors (Lipinski definition) is 4. The molecule has 0 aliphatic heterocycles. The maximum Gasteiger partial charge on any atom is 0.0438 e. The molecule has 2 rings (SSSR count). The third-order valence-electron chi connectivity index (χ3n) is 2.95. The molecule has 0 aromatic heterocycles. The normalized spacial score (nSPS) is 10.1. The topological polar surface area (TPSA) is 76.1 Å². The molecule has 0 atom stereocenters. The molecule has 2 aromatic rings. The molecule has 0 spiro atoms. The third kappa shape index (κ3) is 2.18. The predicted molar refractivity (Wildman–Crippen MR) is 79.8 cm³/mol. The van der Waals surface area contributed by atoms with Crippen molar-refractivity contribution < 1.29 is 0 Å². The van der Waals surface area contributed by atoms with E-state index in [2.05, 4.69) is 10.6 Å². The molecule has 4 heteroatoms. The van der Waals surface area contributed by atoms with Crippen LogP contribution in [-0.2, 0) is 0 Å². The van der Waals surface area contributed by atoms with Gasteiger partial charge < -0.3 is 22.1 Å². The van der Waals surface area contributed by atoms with Crippen molar-refractivity contribution in [1.82, 2.24) is 0 Å². The van der Waals surface area contributed by atoms with E-state index in [1.165, 1.54) is 0 Å². The van der Waals surface area contributed by atoms with Gasteiger partial charge in [0, 0.05) is 48.0 Å². The Morgan fingerprint density at radius 2 is 1.61 bits per heavy atom. The van der Waals surface area contributed by atoms with Crippen molar-refractivity contribution in [2.45, 2.75) is 0 Å².